The van der Waals surface area contributed by atoms with E-state index in [4.69, 9.17) is 37.4 Å². The van der Waals surface area contributed by atoms with Gasteiger partial charge in [0.1, 0.15) is 17.5 Å². The molecule has 0 unspecified atom stereocenters. The molecule has 0 bridgehead atoms. The van der Waals surface area contributed by atoms with Gasteiger partial charge >= 0.3 is 5.79 Å². The van der Waals surface area contributed by atoms with Crippen molar-refractivity contribution in [2.75, 3.05) is 26.3 Å². The van der Waals surface area contributed by atoms with E-state index in [9.17, 15) is 13.6 Å². The van der Waals surface area contributed by atoms with Gasteiger partial charge in [-0.3, -0.25) is 4.79 Å². The summed E-state index contributed by atoms with van der Waals surface area (Å²) in [5.74, 6) is -4.42. The number of nitrogens with zero attached hydrogens (tertiary/aromatic N) is 1. The predicted molar refractivity (Wildman–Crippen MR) is 118 cm³/mol. The Morgan fingerprint density at radius 3 is 1.88 bits per heavy atom. The number of hydrogen-bond donors (Lipinski definition) is 0. The number of morpholine rings is 1. The topological polar surface area (TPSA) is 48.0 Å². The number of carbonyl (C=O) groups excluding carboxylic acids is 1. The van der Waals surface area contributed by atoms with Crippen molar-refractivity contribution in [1.29, 1.82) is 0 Å². The van der Waals surface area contributed by atoms with Gasteiger partial charge in [0.15, 0.2) is 11.5 Å². The molecule has 5 nitrogen and oxygen atoms in total. The summed E-state index contributed by atoms with van der Waals surface area (Å²) < 4.78 is 60.0. The summed E-state index contributed by atoms with van der Waals surface area (Å²) in [4.78, 5) is 14.4. The van der Waals surface area contributed by atoms with Gasteiger partial charge in [-0.1, -0.05) is 23.2 Å². The molecule has 5 rings (SSSR count). The monoisotopic (exact) mass is 509 g/mol. The molecule has 2 heterocycles. The highest BCUT2D eigenvalue weighted by atomic mass is 35.5. The van der Waals surface area contributed by atoms with Gasteiger partial charge < -0.3 is 19.1 Å². The van der Waals surface area contributed by atoms with Crippen LogP contribution in [0.3, 0.4) is 0 Å². The highest BCUT2D eigenvalue weighted by molar-refractivity contribution is 6.32. The van der Waals surface area contributed by atoms with Crippen molar-refractivity contribution in [3.63, 3.8) is 0 Å². The Bertz CT molecular complexity index is 1250. The zero-order valence-electron chi connectivity index (χ0n) is 17.4. The van der Waals surface area contributed by atoms with Crippen molar-refractivity contribution < 1.29 is 32.2 Å². The number of benzene rings is 3. The maximum absolute atomic E-state index is 15.0. The molecule has 2 aliphatic rings. The fraction of sp³-hybridized carbons (Fsp3) is 0.208. The Hall–Kier alpha value is -2.94. The average molecular weight is 510 g/mol. The molecule has 176 valence electrons. The van der Waals surface area contributed by atoms with Crippen molar-refractivity contribution in [2.45, 2.75) is 5.79 Å². The molecule has 0 aromatic heterocycles. The van der Waals surface area contributed by atoms with Gasteiger partial charge in [0, 0.05) is 19.2 Å². The van der Waals surface area contributed by atoms with Crippen LogP contribution in [0, 0.1) is 17.5 Å². The van der Waals surface area contributed by atoms with E-state index >= 15 is 4.39 Å². The molecule has 1 amide bonds. The Balaban J connectivity index is 1.62. The maximum Gasteiger partial charge on any atom is 0.308 e. The van der Waals surface area contributed by atoms with Gasteiger partial charge in [0.05, 0.1) is 39.9 Å². The lowest BCUT2D eigenvalue weighted by molar-refractivity contribution is -0.0458. The van der Waals surface area contributed by atoms with Crippen LogP contribution in [-0.4, -0.2) is 37.1 Å². The van der Waals surface area contributed by atoms with Gasteiger partial charge in [-0.15, -0.1) is 0 Å². The second-order valence-electron chi connectivity index (χ2n) is 7.75. The molecule has 1 fully saturated rings. The molecule has 3 aromatic carbocycles. The summed E-state index contributed by atoms with van der Waals surface area (Å²) >= 11 is 12.7. The first kappa shape index (κ1) is 22.8. The third-order valence-electron chi connectivity index (χ3n) is 5.64. The maximum atomic E-state index is 15.0. The minimum Gasteiger partial charge on any atom is -0.440 e. The van der Waals surface area contributed by atoms with Gasteiger partial charge in [0.25, 0.3) is 5.91 Å². The van der Waals surface area contributed by atoms with Gasteiger partial charge in [-0.05, 0) is 42.5 Å². The Kier molecular flexibility index (Phi) is 5.83. The molecule has 0 atom stereocenters. The molecule has 1 saturated heterocycles. The first-order valence-electron chi connectivity index (χ1n) is 10.3. The number of carbonyl (C=O) groups is 1. The summed E-state index contributed by atoms with van der Waals surface area (Å²) in [5, 5.41) is -0.114. The average Bonchev–Trinajstić information content (AvgIpc) is 3.17. The molecular weight excluding hydrogens is 494 g/mol. The Labute approximate surface area is 202 Å². The van der Waals surface area contributed by atoms with Crippen molar-refractivity contribution in [1.82, 2.24) is 4.90 Å². The highest BCUT2D eigenvalue weighted by Gasteiger charge is 2.49. The van der Waals surface area contributed by atoms with Crippen LogP contribution < -0.4 is 9.47 Å². The minimum atomic E-state index is -1.88. The van der Waals surface area contributed by atoms with E-state index in [1.807, 2.05) is 0 Å². The Morgan fingerprint density at radius 1 is 0.824 bits per heavy atom. The van der Waals surface area contributed by atoms with Crippen LogP contribution in [0.2, 0.25) is 10.0 Å². The van der Waals surface area contributed by atoms with Crippen molar-refractivity contribution in [3.8, 4) is 11.5 Å². The van der Waals surface area contributed by atoms with E-state index in [0.29, 0.717) is 26.3 Å². The zero-order chi connectivity index (χ0) is 24.0. The Morgan fingerprint density at radius 2 is 1.35 bits per heavy atom. The SMILES string of the molecule is O=C(c1cc2c(cc1F)OC(c1ccc(F)cc1Cl)(c1ccc(F)cc1Cl)O2)N1CCOCC1. The van der Waals surface area contributed by atoms with Gasteiger partial charge in [-0.2, -0.15) is 0 Å². The largest absolute Gasteiger partial charge is 0.440 e. The molecule has 0 radical (unpaired) electrons. The third kappa shape index (κ3) is 3.85. The van der Waals surface area contributed by atoms with E-state index in [0.717, 1.165) is 30.3 Å². The first-order chi connectivity index (χ1) is 16.3. The number of amides is 1. The van der Waals surface area contributed by atoms with Crippen molar-refractivity contribution in [3.05, 3.63) is 92.7 Å². The predicted octanol–water partition coefficient (Wildman–Crippen LogP) is 5.56. The highest BCUT2D eigenvalue weighted by Crippen LogP contribution is 2.51. The smallest absolute Gasteiger partial charge is 0.308 e. The van der Waals surface area contributed by atoms with E-state index in [1.54, 1.807) is 0 Å². The molecular formula is C24H16Cl2F3NO4. The van der Waals surface area contributed by atoms with Crippen LogP contribution in [0.5, 0.6) is 11.5 Å². The summed E-state index contributed by atoms with van der Waals surface area (Å²) in [7, 11) is 0. The fourth-order valence-corrected chi connectivity index (χ4v) is 4.59. The summed E-state index contributed by atoms with van der Waals surface area (Å²) in [6.07, 6.45) is 0. The molecule has 10 heteroatoms. The molecule has 2 aliphatic heterocycles. The van der Waals surface area contributed by atoms with Crippen LogP contribution in [-0.2, 0) is 10.5 Å². The minimum absolute atomic E-state index is 0.0307. The second-order valence-corrected chi connectivity index (χ2v) is 8.57. The van der Waals surface area contributed by atoms with E-state index < -0.39 is 29.1 Å². The third-order valence-corrected chi connectivity index (χ3v) is 6.27. The number of halogens is 5. The lowest BCUT2D eigenvalue weighted by atomic mass is 9.96. The molecule has 3 aromatic rings. The number of fused-ring (bicyclic) bond motifs is 1. The number of ether oxygens (including phenoxy) is 3. The molecule has 0 saturated carbocycles. The van der Waals surface area contributed by atoms with Crippen molar-refractivity contribution in [2.24, 2.45) is 0 Å². The first-order valence-corrected chi connectivity index (χ1v) is 11.0. The van der Waals surface area contributed by atoms with Gasteiger partial charge in [-0.25, -0.2) is 13.2 Å². The molecule has 0 aliphatic carbocycles. The lowest BCUT2D eigenvalue weighted by Crippen LogP contribution is -2.41. The van der Waals surface area contributed by atoms with E-state index in [1.165, 1.54) is 23.1 Å². The fourth-order valence-electron chi connectivity index (χ4n) is 4.00. The van der Waals surface area contributed by atoms with E-state index in [2.05, 4.69) is 0 Å². The number of rotatable bonds is 3. The van der Waals surface area contributed by atoms with E-state index in [-0.39, 0.29) is 38.2 Å². The van der Waals surface area contributed by atoms with Crippen molar-refractivity contribution >= 4 is 29.1 Å². The summed E-state index contributed by atoms with van der Waals surface area (Å²) in [6, 6.07) is 9.32. The lowest BCUT2D eigenvalue weighted by Gasteiger charge is -2.30. The van der Waals surface area contributed by atoms with Crippen LogP contribution in [0.4, 0.5) is 13.2 Å². The zero-order valence-corrected chi connectivity index (χ0v) is 18.9. The quantitative estimate of drug-likeness (QED) is 0.464. The normalized spacial score (nSPS) is 16.6. The molecule has 34 heavy (non-hydrogen) atoms. The van der Waals surface area contributed by atoms with Crippen LogP contribution in [0.15, 0.2) is 48.5 Å². The number of hydrogen-bond acceptors (Lipinski definition) is 4. The molecule has 0 spiro atoms. The van der Waals surface area contributed by atoms with Crippen LogP contribution in [0.25, 0.3) is 0 Å². The van der Waals surface area contributed by atoms with Crippen LogP contribution in [0.1, 0.15) is 21.5 Å². The van der Waals surface area contributed by atoms with Gasteiger partial charge in [0.2, 0.25) is 0 Å². The standard InChI is InChI=1S/C24H16Cl2F3NO4/c25-18-9-13(27)1-3-16(18)24(17-4-2-14(28)10-19(17)26)33-21-11-15(20(29)12-22(21)34-24)23(31)30-5-7-32-8-6-30/h1-4,9-12H,5-8H2. The molecule has 0 N–H and O–H groups in total. The summed E-state index contributed by atoms with van der Waals surface area (Å²) in [6.45, 7) is 1.36. The van der Waals surface area contributed by atoms with Crippen LogP contribution >= 0.6 is 23.2 Å². The summed E-state index contributed by atoms with van der Waals surface area (Å²) in [5.41, 5.74) is 0.0962. The second kappa shape index (κ2) is 8.69.